The van der Waals surface area contributed by atoms with Crippen molar-refractivity contribution in [3.63, 3.8) is 0 Å². The summed E-state index contributed by atoms with van der Waals surface area (Å²) in [6.07, 6.45) is 0.250. The summed E-state index contributed by atoms with van der Waals surface area (Å²) >= 11 is 0. The molecule has 1 aliphatic rings. The van der Waals surface area contributed by atoms with Crippen molar-refractivity contribution in [2.75, 3.05) is 19.8 Å². The molecule has 2 heterocycles. The van der Waals surface area contributed by atoms with Crippen molar-refractivity contribution in [3.05, 3.63) is 42.1 Å². The zero-order valence-corrected chi connectivity index (χ0v) is 12.9. The van der Waals surface area contributed by atoms with Crippen LogP contribution in [0.4, 0.5) is 0 Å². The van der Waals surface area contributed by atoms with E-state index in [0.717, 1.165) is 5.56 Å². The van der Waals surface area contributed by atoms with Crippen molar-refractivity contribution in [1.82, 2.24) is 10.1 Å². The molecule has 1 aromatic heterocycles. The largest absolute Gasteiger partial charge is 0.377 e. The van der Waals surface area contributed by atoms with Crippen molar-refractivity contribution in [2.24, 2.45) is 0 Å². The van der Waals surface area contributed by atoms with Crippen LogP contribution in [0.2, 0.25) is 0 Å². The molecule has 0 atom stereocenters. The molecule has 5 nitrogen and oxygen atoms in total. The maximum Gasteiger partial charge on any atom is 0.229 e. The van der Waals surface area contributed by atoms with Crippen molar-refractivity contribution >= 4 is 5.91 Å². The molecule has 0 N–H and O–H groups in total. The second-order valence-corrected chi connectivity index (χ2v) is 6.14. The smallest absolute Gasteiger partial charge is 0.229 e. The lowest BCUT2D eigenvalue weighted by atomic mass is 10.0. The predicted molar refractivity (Wildman–Crippen MR) is 82.3 cm³/mol. The summed E-state index contributed by atoms with van der Waals surface area (Å²) in [6.45, 7) is 5.80. The molecule has 1 amide bonds. The molecule has 5 heteroatoms. The monoisotopic (exact) mass is 300 g/mol. The molecule has 1 fully saturated rings. The topological polar surface area (TPSA) is 55.6 Å². The highest BCUT2D eigenvalue weighted by atomic mass is 16.5. The third kappa shape index (κ3) is 3.04. The van der Waals surface area contributed by atoms with Crippen LogP contribution in [-0.4, -0.2) is 41.3 Å². The van der Waals surface area contributed by atoms with E-state index in [-0.39, 0.29) is 17.9 Å². The number of ether oxygens (including phenoxy) is 1. The van der Waals surface area contributed by atoms with Gasteiger partial charge >= 0.3 is 0 Å². The van der Waals surface area contributed by atoms with E-state index in [1.807, 2.05) is 55.1 Å². The van der Waals surface area contributed by atoms with Crippen LogP contribution in [0, 0.1) is 0 Å². The minimum absolute atomic E-state index is 0.0567. The highest BCUT2D eigenvalue weighted by Crippen LogP contribution is 2.22. The Morgan fingerprint density at radius 3 is 2.82 bits per heavy atom. The number of rotatable bonds is 3. The molecule has 3 rings (SSSR count). The minimum Gasteiger partial charge on any atom is -0.377 e. The zero-order chi connectivity index (χ0) is 15.6. The van der Waals surface area contributed by atoms with Gasteiger partial charge in [-0.1, -0.05) is 35.5 Å². The number of aromatic nitrogens is 1. The molecule has 2 aromatic rings. The van der Waals surface area contributed by atoms with E-state index in [1.165, 1.54) is 0 Å². The first-order chi connectivity index (χ1) is 10.6. The Labute approximate surface area is 129 Å². The van der Waals surface area contributed by atoms with Crippen LogP contribution in [0.15, 0.2) is 40.9 Å². The van der Waals surface area contributed by atoms with Gasteiger partial charge in [0.15, 0.2) is 5.76 Å². The lowest BCUT2D eigenvalue weighted by molar-refractivity contribution is -0.145. The Bertz CT molecular complexity index is 649. The number of amides is 1. The van der Waals surface area contributed by atoms with Gasteiger partial charge in [0, 0.05) is 18.2 Å². The number of hydrogen-bond donors (Lipinski definition) is 0. The molecular weight excluding hydrogens is 280 g/mol. The van der Waals surface area contributed by atoms with E-state index in [1.54, 1.807) is 0 Å². The molecule has 116 valence electrons. The zero-order valence-electron chi connectivity index (χ0n) is 12.9. The Balaban J connectivity index is 1.71. The number of benzene rings is 1. The molecule has 0 unspecified atom stereocenters. The van der Waals surface area contributed by atoms with Crippen molar-refractivity contribution < 1.29 is 14.1 Å². The third-order valence-electron chi connectivity index (χ3n) is 3.90. The van der Waals surface area contributed by atoms with E-state index in [9.17, 15) is 4.79 Å². The van der Waals surface area contributed by atoms with Crippen molar-refractivity contribution in [2.45, 2.75) is 25.8 Å². The fraction of sp³-hybridized carbons (Fsp3) is 0.412. The standard InChI is InChI=1S/C17H20N2O3/c1-17(2)12-21-9-8-19(17)16(20)11-14-10-15(22-18-14)13-6-4-3-5-7-13/h3-7,10H,8-9,11-12H2,1-2H3. The van der Waals surface area contributed by atoms with Gasteiger partial charge in [0.05, 0.1) is 30.9 Å². The van der Waals surface area contributed by atoms with Crippen LogP contribution < -0.4 is 0 Å². The van der Waals surface area contributed by atoms with Gasteiger partial charge in [-0.2, -0.15) is 0 Å². The van der Waals surface area contributed by atoms with Gasteiger partial charge in [0.1, 0.15) is 0 Å². The SMILES string of the molecule is CC1(C)COCCN1C(=O)Cc1cc(-c2ccccc2)on1. The summed E-state index contributed by atoms with van der Waals surface area (Å²) < 4.78 is 10.8. The van der Waals surface area contributed by atoms with E-state index in [2.05, 4.69) is 5.16 Å². The number of morpholine rings is 1. The molecule has 22 heavy (non-hydrogen) atoms. The first kappa shape index (κ1) is 14.8. The van der Waals surface area contributed by atoms with Gasteiger partial charge in [-0.25, -0.2) is 0 Å². The van der Waals surface area contributed by atoms with Gasteiger partial charge in [-0.3, -0.25) is 4.79 Å². The highest BCUT2D eigenvalue weighted by Gasteiger charge is 2.34. The summed E-state index contributed by atoms with van der Waals surface area (Å²) in [5.74, 6) is 0.742. The summed E-state index contributed by atoms with van der Waals surface area (Å²) in [4.78, 5) is 14.4. The van der Waals surface area contributed by atoms with Crippen LogP contribution in [0.1, 0.15) is 19.5 Å². The summed E-state index contributed by atoms with van der Waals surface area (Å²) in [7, 11) is 0. The lowest BCUT2D eigenvalue weighted by Gasteiger charge is -2.42. The van der Waals surface area contributed by atoms with Crippen LogP contribution in [0.25, 0.3) is 11.3 Å². The van der Waals surface area contributed by atoms with Gasteiger partial charge in [0.2, 0.25) is 5.91 Å². The minimum atomic E-state index is -0.276. The maximum atomic E-state index is 12.5. The Morgan fingerprint density at radius 2 is 2.09 bits per heavy atom. The van der Waals surface area contributed by atoms with Gasteiger partial charge in [-0.15, -0.1) is 0 Å². The van der Waals surface area contributed by atoms with Crippen molar-refractivity contribution in [1.29, 1.82) is 0 Å². The first-order valence-corrected chi connectivity index (χ1v) is 7.45. The van der Waals surface area contributed by atoms with E-state index in [4.69, 9.17) is 9.26 Å². The summed E-state index contributed by atoms with van der Waals surface area (Å²) in [5, 5.41) is 4.02. The molecule has 0 aliphatic carbocycles. The molecule has 0 saturated carbocycles. The molecule has 0 spiro atoms. The average Bonchev–Trinajstić information content (AvgIpc) is 2.96. The number of carbonyl (C=O) groups is 1. The highest BCUT2D eigenvalue weighted by molar-refractivity contribution is 5.79. The number of hydrogen-bond acceptors (Lipinski definition) is 4. The van der Waals surface area contributed by atoms with Crippen molar-refractivity contribution in [3.8, 4) is 11.3 Å². The molecule has 0 radical (unpaired) electrons. The Morgan fingerprint density at radius 1 is 1.32 bits per heavy atom. The molecule has 1 aliphatic heterocycles. The van der Waals surface area contributed by atoms with Crippen LogP contribution >= 0.6 is 0 Å². The maximum absolute atomic E-state index is 12.5. The average molecular weight is 300 g/mol. The normalized spacial score (nSPS) is 17.5. The number of nitrogens with zero attached hydrogens (tertiary/aromatic N) is 2. The lowest BCUT2D eigenvalue weighted by Crippen LogP contribution is -2.55. The predicted octanol–water partition coefficient (Wildman–Crippen LogP) is 2.52. The van der Waals surface area contributed by atoms with Crippen LogP contribution in [0.5, 0.6) is 0 Å². The van der Waals surface area contributed by atoms with E-state index < -0.39 is 0 Å². The van der Waals surface area contributed by atoms with Crippen LogP contribution in [0.3, 0.4) is 0 Å². The fourth-order valence-electron chi connectivity index (χ4n) is 2.70. The second kappa shape index (κ2) is 5.93. The quantitative estimate of drug-likeness (QED) is 0.874. The van der Waals surface area contributed by atoms with E-state index >= 15 is 0 Å². The van der Waals surface area contributed by atoms with Gasteiger partial charge in [0.25, 0.3) is 0 Å². The molecule has 1 aromatic carbocycles. The fourth-order valence-corrected chi connectivity index (χ4v) is 2.70. The molecular formula is C17H20N2O3. The van der Waals surface area contributed by atoms with Crippen LogP contribution in [-0.2, 0) is 16.0 Å². The Hall–Kier alpha value is -2.14. The van der Waals surface area contributed by atoms with Gasteiger partial charge in [-0.05, 0) is 13.8 Å². The number of carbonyl (C=O) groups excluding carboxylic acids is 1. The van der Waals surface area contributed by atoms with E-state index in [0.29, 0.717) is 31.2 Å². The summed E-state index contributed by atoms with van der Waals surface area (Å²) in [5.41, 5.74) is 1.34. The molecule has 1 saturated heterocycles. The molecule has 0 bridgehead atoms. The third-order valence-corrected chi connectivity index (χ3v) is 3.90. The first-order valence-electron chi connectivity index (χ1n) is 7.45. The van der Waals surface area contributed by atoms with Gasteiger partial charge < -0.3 is 14.2 Å². The second-order valence-electron chi connectivity index (χ2n) is 6.14. The Kier molecular flexibility index (Phi) is 3.98. The summed E-state index contributed by atoms with van der Waals surface area (Å²) in [6, 6.07) is 11.6.